The second-order valence-corrected chi connectivity index (χ2v) is 6.08. The standard InChI is InChI=1S/C20H18N2O5/c1-23-12-3-4-13-15(9-12)27-20(22)14(10-21)18(13)11-7-16(24-2)19-17(8-11)25-5-6-26-19/h3-4,7-9,18H,5-6,22H2,1-2H3/t18-/m0/s1. The van der Waals surface area contributed by atoms with Gasteiger partial charge in [-0.25, -0.2) is 0 Å². The van der Waals surface area contributed by atoms with Gasteiger partial charge in [-0.3, -0.25) is 0 Å². The first-order valence-corrected chi connectivity index (χ1v) is 8.39. The summed E-state index contributed by atoms with van der Waals surface area (Å²) < 4.78 is 27.8. The van der Waals surface area contributed by atoms with Crippen LogP contribution in [-0.4, -0.2) is 27.4 Å². The molecule has 7 heteroatoms. The van der Waals surface area contributed by atoms with Crippen molar-refractivity contribution in [3.05, 3.63) is 52.9 Å². The third-order valence-electron chi connectivity index (χ3n) is 4.61. The fourth-order valence-corrected chi connectivity index (χ4v) is 3.37. The van der Waals surface area contributed by atoms with Crippen molar-refractivity contribution in [1.29, 1.82) is 5.26 Å². The minimum Gasteiger partial charge on any atom is -0.497 e. The highest BCUT2D eigenvalue weighted by atomic mass is 16.6. The molecule has 27 heavy (non-hydrogen) atoms. The number of nitrogens with two attached hydrogens (primary N) is 1. The number of hydrogen-bond donors (Lipinski definition) is 1. The van der Waals surface area contributed by atoms with Crippen LogP contribution >= 0.6 is 0 Å². The predicted octanol–water partition coefficient (Wildman–Crippen LogP) is 2.69. The molecule has 2 N–H and O–H groups in total. The molecule has 2 aromatic carbocycles. The highest BCUT2D eigenvalue weighted by Crippen LogP contribution is 2.48. The van der Waals surface area contributed by atoms with Crippen molar-refractivity contribution in [3.8, 4) is 34.8 Å². The van der Waals surface area contributed by atoms with E-state index < -0.39 is 5.92 Å². The summed E-state index contributed by atoms with van der Waals surface area (Å²) in [5.41, 5.74) is 7.97. The molecule has 2 aliphatic heterocycles. The zero-order valence-electron chi connectivity index (χ0n) is 14.9. The number of nitrogens with zero attached hydrogens (tertiary/aromatic N) is 1. The second-order valence-electron chi connectivity index (χ2n) is 6.08. The Morgan fingerprint density at radius 3 is 2.63 bits per heavy atom. The fourth-order valence-electron chi connectivity index (χ4n) is 3.37. The van der Waals surface area contributed by atoms with Gasteiger partial charge in [-0.1, -0.05) is 6.07 Å². The molecule has 0 aliphatic carbocycles. The van der Waals surface area contributed by atoms with Gasteiger partial charge in [0, 0.05) is 11.6 Å². The molecule has 0 saturated heterocycles. The number of allylic oxidation sites excluding steroid dienone is 1. The maximum Gasteiger partial charge on any atom is 0.205 e. The van der Waals surface area contributed by atoms with Gasteiger partial charge in [-0.15, -0.1) is 0 Å². The lowest BCUT2D eigenvalue weighted by molar-refractivity contribution is 0.165. The number of hydrogen-bond acceptors (Lipinski definition) is 7. The molecule has 1 atom stereocenters. The Kier molecular flexibility index (Phi) is 4.16. The number of nitriles is 1. The molecular formula is C20H18N2O5. The Labute approximate surface area is 156 Å². The minimum absolute atomic E-state index is 0.0668. The normalized spacial score (nSPS) is 17.4. The third kappa shape index (κ3) is 2.75. The molecule has 0 spiro atoms. The smallest absolute Gasteiger partial charge is 0.205 e. The number of rotatable bonds is 3. The molecule has 4 rings (SSSR count). The Hall–Kier alpha value is -3.53. The van der Waals surface area contributed by atoms with E-state index in [-0.39, 0.29) is 5.88 Å². The van der Waals surface area contributed by atoms with E-state index in [1.54, 1.807) is 20.3 Å². The minimum atomic E-state index is -0.422. The SMILES string of the molecule is COc1ccc2c(c1)OC(N)=C(C#N)[C@H]2c1cc(OC)c2c(c1)OCCO2. The molecule has 0 unspecified atom stereocenters. The van der Waals surface area contributed by atoms with Crippen LogP contribution in [0.2, 0.25) is 0 Å². The first-order chi connectivity index (χ1) is 13.2. The topological polar surface area (TPSA) is 96.0 Å². The van der Waals surface area contributed by atoms with Crippen LogP contribution < -0.4 is 29.4 Å². The Balaban J connectivity index is 1.91. The van der Waals surface area contributed by atoms with Crippen LogP contribution in [0, 0.1) is 11.3 Å². The molecule has 7 nitrogen and oxygen atoms in total. The molecule has 138 valence electrons. The summed E-state index contributed by atoms with van der Waals surface area (Å²) in [4.78, 5) is 0. The number of methoxy groups -OCH3 is 2. The lowest BCUT2D eigenvalue weighted by Crippen LogP contribution is -2.22. The summed E-state index contributed by atoms with van der Waals surface area (Å²) in [6.45, 7) is 0.906. The summed E-state index contributed by atoms with van der Waals surface area (Å²) in [6.07, 6.45) is 0. The molecule has 0 bridgehead atoms. The van der Waals surface area contributed by atoms with E-state index >= 15 is 0 Å². The molecule has 0 aromatic heterocycles. The van der Waals surface area contributed by atoms with Gasteiger partial charge < -0.3 is 29.4 Å². The lowest BCUT2D eigenvalue weighted by Gasteiger charge is -2.28. The second kappa shape index (κ2) is 6.65. The third-order valence-corrected chi connectivity index (χ3v) is 4.61. The number of benzene rings is 2. The molecule has 0 fully saturated rings. The largest absolute Gasteiger partial charge is 0.497 e. The molecule has 0 saturated carbocycles. The van der Waals surface area contributed by atoms with Gasteiger partial charge in [0.15, 0.2) is 11.5 Å². The van der Waals surface area contributed by atoms with E-state index in [4.69, 9.17) is 29.4 Å². The van der Waals surface area contributed by atoms with E-state index in [1.165, 1.54) is 0 Å². The number of ether oxygens (including phenoxy) is 5. The van der Waals surface area contributed by atoms with Crippen molar-refractivity contribution in [1.82, 2.24) is 0 Å². The summed E-state index contributed by atoms with van der Waals surface area (Å²) >= 11 is 0. The van der Waals surface area contributed by atoms with Crippen molar-refractivity contribution >= 4 is 0 Å². The Morgan fingerprint density at radius 2 is 1.89 bits per heavy atom. The average molecular weight is 366 g/mol. The quantitative estimate of drug-likeness (QED) is 0.892. The number of fused-ring (bicyclic) bond motifs is 2. The van der Waals surface area contributed by atoms with Crippen molar-refractivity contribution in [2.75, 3.05) is 27.4 Å². The molecule has 2 aliphatic rings. The summed E-state index contributed by atoms with van der Waals surface area (Å²) in [7, 11) is 3.14. The van der Waals surface area contributed by atoms with Gasteiger partial charge in [-0.05, 0) is 23.8 Å². The maximum atomic E-state index is 9.70. The van der Waals surface area contributed by atoms with Crippen LogP contribution in [0.1, 0.15) is 17.0 Å². The lowest BCUT2D eigenvalue weighted by atomic mass is 9.83. The monoisotopic (exact) mass is 366 g/mol. The highest BCUT2D eigenvalue weighted by Gasteiger charge is 2.33. The first kappa shape index (κ1) is 16.9. The molecular weight excluding hydrogens is 348 g/mol. The van der Waals surface area contributed by atoms with Crippen molar-refractivity contribution in [2.45, 2.75) is 5.92 Å². The summed E-state index contributed by atoms with van der Waals surface area (Å²) in [6, 6.07) is 11.3. The van der Waals surface area contributed by atoms with Gasteiger partial charge in [0.05, 0.1) is 20.1 Å². The first-order valence-electron chi connectivity index (χ1n) is 8.39. The van der Waals surface area contributed by atoms with Gasteiger partial charge in [-0.2, -0.15) is 5.26 Å². The predicted molar refractivity (Wildman–Crippen MR) is 96.3 cm³/mol. The Bertz CT molecular complexity index is 960. The average Bonchev–Trinajstić information content (AvgIpc) is 2.71. The van der Waals surface area contributed by atoms with Gasteiger partial charge in [0.2, 0.25) is 11.6 Å². The van der Waals surface area contributed by atoms with E-state index in [9.17, 15) is 5.26 Å². The van der Waals surface area contributed by atoms with Gasteiger partial charge in [0.25, 0.3) is 0 Å². The van der Waals surface area contributed by atoms with Crippen LogP contribution in [0.4, 0.5) is 0 Å². The van der Waals surface area contributed by atoms with E-state index in [2.05, 4.69) is 6.07 Å². The molecule has 0 radical (unpaired) electrons. The van der Waals surface area contributed by atoms with E-state index in [1.807, 2.05) is 24.3 Å². The summed E-state index contributed by atoms with van der Waals surface area (Å²) in [5, 5.41) is 9.70. The van der Waals surface area contributed by atoms with E-state index in [0.717, 1.165) is 11.1 Å². The van der Waals surface area contributed by atoms with Crippen LogP contribution in [0.25, 0.3) is 0 Å². The van der Waals surface area contributed by atoms with Gasteiger partial charge in [0.1, 0.15) is 36.4 Å². The fraction of sp³-hybridized carbons (Fsp3) is 0.250. The van der Waals surface area contributed by atoms with Crippen molar-refractivity contribution in [3.63, 3.8) is 0 Å². The Morgan fingerprint density at radius 1 is 1.07 bits per heavy atom. The van der Waals surface area contributed by atoms with Crippen LogP contribution in [0.3, 0.4) is 0 Å². The molecule has 0 amide bonds. The highest BCUT2D eigenvalue weighted by molar-refractivity contribution is 5.62. The van der Waals surface area contributed by atoms with Crippen LogP contribution in [0.5, 0.6) is 28.7 Å². The molecule has 2 heterocycles. The zero-order chi connectivity index (χ0) is 19.0. The van der Waals surface area contributed by atoms with Gasteiger partial charge >= 0.3 is 0 Å². The maximum absolute atomic E-state index is 9.70. The van der Waals surface area contributed by atoms with Crippen molar-refractivity contribution in [2.24, 2.45) is 5.73 Å². The molecule has 2 aromatic rings. The zero-order valence-corrected chi connectivity index (χ0v) is 14.9. The van der Waals surface area contributed by atoms with Crippen LogP contribution in [-0.2, 0) is 0 Å². The summed E-state index contributed by atoms with van der Waals surface area (Å²) in [5.74, 6) is 2.51. The van der Waals surface area contributed by atoms with Crippen LogP contribution in [0.15, 0.2) is 41.8 Å². The van der Waals surface area contributed by atoms with Crippen molar-refractivity contribution < 1.29 is 23.7 Å². The van der Waals surface area contributed by atoms with E-state index in [0.29, 0.717) is 47.5 Å².